The zero-order valence-corrected chi connectivity index (χ0v) is 13.4. The van der Waals surface area contributed by atoms with Crippen molar-refractivity contribution >= 4 is 12.1 Å². The van der Waals surface area contributed by atoms with Crippen molar-refractivity contribution in [3.63, 3.8) is 0 Å². The monoisotopic (exact) mass is 299 g/mol. The standard InChI is InChI=1S/C16H29NO4/c1-3-4-12-21-16(19)17-14(15(18)20-2)11-10-13-8-6-5-7-9-13/h13-14H,3-12H2,1-2H3,(H,17,19). The number of unbranched alkanes of at least 4 members (excludes halogenated alkanes) is 1. The highest BCUT2D eigenvalue weighted by atomic mass is 16.6. The van der Waals surface area contributed by atoms with E-state index in [2.05, 4.69) is 5.32 Å². The molecule has 5 nitrogen and oxygen atoms in total. The molecule has 1 fully saturated rings. The van der Waals surface area contributed by atoms with Crippen LogP contribution < -0.4 is 5.32 Å². The lowest BCUT2D eigenvalue weighted by atomic mass is 9.85. The molecule has 0 radical (unpaired) electrons. The Balaban J connectivity index is 2.35. The lowest BCUT2D eigenvalue weighted by molar-refractivity contribution is -0.143. The summed E-state index contributed by atoms with van der Waals surface area (Å²) in [6.07, 6.45) is 9.19. The van der Waals surface area contributed by atoms with Crippen LogP contribution in [0.2, 0.25) is 0 Å². The number of carbonyl (C=O) groups is 2. The van der Waals surface area contributed by atoms with Gasteiger partial charge in [-0.25, -0.2) is 9.59 Å². The third-order valence-electron chi connectivity index (χ3n) is 4.10. The largest absolute Gasteiger partial charge is 0.467 e. The Bertz CT molecular complexity index is 313. The minimum Gasteiger partial charge on any atom is -0.467 e. The fourth-order valence-electron chi connectivity index (χ4n) is 2.76. The number of hydrogen-bond acceptors (Lipinski definition) is 4. The average molecular weight is 299 g/mol. The second-order valence-corrected chi connectivity index (χ2v) is 5.79. The zero-order chi connectivity index (χ0) is 15.5. The van der Waals surface area contributed by atoms with Crippen molar-refractivity contribution in [3.8, 4) is 0 Å². The van der Waals surface area contributed by atoms with Gasteiger partial charge in [0, 0.05) is 0 Å². The Kier molecular flexibility index (Phi) is 8.87. The van der Waals surface area contributed by atoms with E-state index in [1.165, 1.54) is 39.2 Å². The number of nitrogens with one attached hydrogen (secondary N) is 1. The van der Waals surface area contributed by atoms with E-state index in [9.17, 15) is 9.59 Å². The topological polar surface area (TPSA) is 64.6 Å². The van der Waals surface area contributed by atoms with Crippen molar-refractivity contribution in [2.45, 2.75) is 70.8 Å². The first-order chi connectivity index (χ1) is 10.2. The lowest BCUT2D eigenvalue weighted by Crippen LogP contribution is -2.42. The van der Waals surface area contributed by atoms with Crippen LogP contribution in [-0.4, -0.2) is 31.8 Å². The van der Waals surface area contributed by atoms with Crippen LogP contribution in [0.5, 0.6) is 0 Å². The first kappa shape index (κ1) is 17.8. The normalized spacial score (nSPS) is 17.0. The van der Waals surface area contributed by atoms with Gasteiger partial charge in [-0.3, -0.25) is 0 Å². The number of alkyl carbamates (subject to hydrolysis) is 1. The van der Waals surface area contributed by atoms with Crippen LogP contribution in [0.3, 0.4) is 0 Å². The number of ether oxygens (including phenoxy) is 2. The predicted octanol–water partition coefficient (Wildman–Crippen LogP) is 3.41. The Morgan fingerprint density at radius 3 is 2.57 bits per heavy atom. The Hall–Kier alpha value is -1.26. The molecule has 122 valence electrons. The van der Waals surface area contributed by atoms with Gasteiger partial charge in [-0.1, -0.05) is 45.4 Å². The predicted molar refractivity (Wildman–Crippen MR) is 81.0 cm³/mol. The maximum atomic E-state index is 11.8. The molecule has 0 aliphatic heterocycles. The van der Waals surface area contributed by atoms with Crippen molar-refractivity contribution in [2.75, 3.05) is 13.7 Å². The molecule has 0 saturated heterocycles. The van der Waals surface area contributed by atoms with Crippen molar-refractivity contribution in [1.29, 1.82) is 0 Å². The lowest BCUT2D eigenvalue weighted by Gasteiger charge is -2.23. The molecule has 1 rings (SSSR count). The van der Waals surface area contributed by atoms with Gasteiger partial charge in [0.15, 0.2) is 0 Å². The molecule has 1 saturated carbocycles. The molecule has 0 heterocycles. The van der Waals surface area contributed by atoms with Crippen molar-refractivity contribution in [2.24, 2.45) is 5.92 Å². The van der Waals surface area contributed by atoms with Crippen molar-refractivity contribution in [3.05, 3.63) is 0 Å². The molecule has 5 heteroatoms. The first-order valence-corrected chi connectivity index (χ1v) is 8.18. The van der Waals surface area contributed by atoms with Gasteiger partial charge in [0.2, 0.25) is 0 Å². The van der Waals surface area contributed by atoms with E-state index in [4.69, 9.17) is 9.47 Å². The summed E-state index contributed by atoms with van der Waals surface area (Å²) in [4.78, 5) is 23.4. The van der Waals surface area contributed by atoms with E-state index >= 15 is 0 Å². The van der Waals surface area contributed by atoms with E-state index in [1.807, 2.05) is 6.92 Å². The van der Waals surface area contributed by atoms with E-state index in [-0.39, 0.29) is 0 Å². The van der Waals surface area contributed by atoms with Gasteiger partial charge in [0.1, 0.15) is 6.04 Å². The molecule has 1 N–H and O–H groups in total. The summed E-state index contributed by atoms with van der Waals surface area (Å²) in [5.74, 6) is 0.280. The Morgan fingerprint density at radius 2 is 1.95 bits per heavy atom. The van der Waals surface area contributed by atoms with Crippen LogP contribution >= 0.6 is 0 Å². The van der Waals surface area contributed by atoms with Gasteiger partial charge in [-0.2, -0.15) is 0 Å². The summed E-state index contributed by atoms with van der Waals surface area (Å²) < 4.78 is 9.81. The van der Waals surface area contributed by atoms with Crippen LogP contribution in [-0.2, 0) is 14.3 Å². The number of esters is 1. The molecule has 1 aliphatic rings. The number of rotatable bonds is 8. The summed E-state index contributed by atoms with van der Waals surface area (Å²) in [6.45, 7) is 2.42. The second-order valence-electron chi connectivity index (χ2n) is 5.79. The molecule has 1 aliphatic carbocycles. The number of amides is 1. The molecular weight excluding hydrogens is 270 g/mol. The Labute approximate surface area is 127 Å². The molecule has 0 bridgehead atoms. The van der Waals surface area contributed by atoms with E-state index in [0.717, 1.165) is 19.3 Å². The highest BCUT2D eigenvalue weighted by Gasteiger charge is 2.24. The molecule has 1 unspecified atom stereocenters. The van der Waals surface area contributed by atoms with Crippen LogP contribution in [0.1, 0.15) is 64.7 Å². The maximum absolute atomic E-state index is 11.8. The van der Waals surface area contributed by atoms with Gasteiger partial charge in [0.25, 0.3) is 0 Å². The van der Waals surface area contributed by atoms with E-state index < -0.39 is 18.1 Å². The maximum Gasteiger partial charge on any atom is 0.407 e. The van der Waals surface area contributed by atoms with Gasteiger partial charge in [0.05, 0.1) is 13.7 Å². The zero-order valence-electron chi connectivity index (χ0n) is 13.4. The Morgan fingerprint density at radius 1 is 1.24 bits per heavy atom. The smallest absolute Gasteiger partial charge is 0.407 e. The highest BCUT2D eigenvalue weighted by Crippen LogP contribution is 2.27. The number of methoxy groups -OCH3 is 1. The van der Waals surface area contributed by atoms with Crippen LogP contribution in [0.4, 0.5) is 4.79 Å². The van der Waals surface area contributed by atoms with Crippen LogP contribution in [0.15, 0.2) is 0 Å². The summed E-state index contributed by atoms with van der Waals surface area (Å²) in [5.41, 5.74) is 0. The molecule has 21 heavy (non-hydrogen) atoms. The van der Waals surface area contributed by atoms with E-state index in [0.29, 0.717) is 18.9 Å². The van der Waals surface area contributed by atoms with Crippen molar-refractivity contribution in [1.82, 2.24) is 5.32 Å². The van der Waals surface area contributed by atoms with E-state index in [1.54, 1.807) is 0 Å². The highest BCUT2D eigenvalue weighted by molar-refractivity contribution is 5.81. The fourth-order valence-corrected chi connectivity index (χ4v) is 2.76. The summed E-state index contributed by atoms with van der Waals surface area (Å²) >= 11 is 0. The quantitative estimate of drug-likeness (QED) is 0.551. The van der Waals surface area contributed by atoms with Crippen LogP contribution in [0, 0.1) is 5.92 Å². The van der Waals surface area contributed by atoms with Gasteiger partial charge in [-0.05, 0) is 25.2 Å². The average Bonchev–Trinajstić information content (AvgIpc) is 2.52. The van der Waals surface area contributed by atoms with Gasteiger partial charge in [-0.15, -0.1) is 0 Å². The third-order valence-corrected chi connectivity index (χ3v) is 4.10. The SMILES string of the molecule is CCCCOC(=O)NC(CCC1CCCCC1)C(=O)OC. The minimum atomic E-state index is -0.592. The summed E-state index contributed by atoms with van der Waals surface area (Å²) in [6, 6.07) is -0.592. The second kappa shape index (κ2) is 10.5. The van der Waals surface area contributed by atoms with Crippen molar-refractivity contribution < 1.29 is 19.1 Å². The number of carbonyl (C=O) groups excluding carboxylic acids is 2. The minimum absolute atomic E-state index is 0.388. The first-order valence-electron chi connectivity index (χ1n) is 8.18. The molecular formula is C16H29NO4. The van der Waals surface area contributed by atoms with Gasteiger partial charge < -0.3 is 14.8 Å². The third kappa shape index (κ3) is 7.34. The molecule has 1 amide bonds. The summed E-state index contributed by atoms with van der Waals surface area (Å²) in [7, 11) is 1.35. The molecule has 0 spiro atoms. The molecule has 0 aromatic rings. The number of hydrogen-bond donors (Lipinski definition) is 1. The van der Waals surface area contributed by atoms with Gasteiger partial charge >= 0.3 is 12.1 Å². The van der Waals surface area contributed by atoms with Crippen LogP contribution in [0.25, 0.3) is 0 Å². The molecule has 1 atom stereocenters. The molecule has 0 aromatic heterocycles. The summed E-state index contributed by atoms with van der Waals surface area (Å²) in [5, 5.41) is 2.63. The fraction of sp³-hybridized carbons (Fsp3) is 0.875. The molecule has 0 aromatic carbocycles.